The summed E-state index contributed by atoms with van der Waals surface area (Å²) in [5.74, 6) is 0. The van der Waals surface area contributed by atoms with E-state index in [0.29, 0.717) is 12.8 Å². The normalized spacial score (nSPS) is 13.6. The summed E-state index contributed by atoms with van der Waals surface area (Å²) in [7, 11) is 0. The van der Waals surface area contributed by atoms with E-state index >= 15 is 0 Å². The largest absolute Gasteiger partial charge is 0.390 e. The molecule has 0 aliphatic carbocycles. The lowest BCUT2D eigenvalue weighted by molar-refractivity contribution is 0.0275. The number of rotatable bonds is 4. The molecule has 0 bridgehead atoms. The summed E-state index contributed by atoms with van der Waals surface area (Å²) in [5, 5.41) is 9.46. The lowest BCUT2D eigenvalue weighted by Crippen LogP contribution is -2.28. The molecule has 1 nitrogen and oxygen atoms in total. The Morgan fingerprint density at radius 1 is 1.18 bits per heavy atom. The zero-order valence-electron chi connectivity index (χ0n) is 7.95. The summed E-state index contributed by atoms with van der Waals surface area (Å²) in [6.45, 7) is 7.16. The van der Waals surface area contributed by atoms with Crippen LogP contribution in [0.25, 0.3) is 0 Å². The summed E-state index contributed by atoms with van der Waals surface area (Å²) >= 11 is 0. The van der Waals surface area contributed by atoms with Gasteiger partial charge >= 0.3 is 0 Å². The number of hydrogen-bond acceptors (Lipinski definition) is 1. The topological polar surface area (TPSA) is 20.2 Å². The van der Waals surface area contributed by atoms with E-state index in [1.165, 1.54) is 0 Å². The molecule has 1 N–H and O–H groups in total. The second-order valence-corrected chi connectivity index (χ2v) is 4.59. The summed E-state index contributed by atoms with van der Waals surface area (Å²) < 4.78 is 12.0. The molecule has 2 heteroatoms. The molecule has 11 heavy (non-hydrogen) atoms. The minimum absolute atomic E-state index is 0.0903. The van der Waals surface area contributed by atoms with E-state index < -0.39 is 5.60 Å². The van der Waals surface area contributed by atoms with Crippen molar-refractivity contribution in [1.29, 1.82) is 0 Å². The molecule has 0 atom stereocenters. The molecule has 0 radical (unpaired) electrons. The van der Waals surface area contributed by atoms with Crippen molar-refractivity contribution >= 4 is 0 Å². The number of halogens is 1. The maximum atomic E-state index is 12.0. The number of aliphatic hydroxyl groups is 1. The van der Waals surface area contributed by atoms with E-state index in [9.17, 15) is 9.50 Å². The van der Waals surface area contributed by atoms with Crippen LogP contribution in [0.4, 0.5) is 4.39 Å². The van der Waals surface area contributed by atoms with Crippen molar-refractivity contribution in [2.75, 3.05) is 6.67 Å². The van der Waals surface area contributed by atoms with Gasteiger partial charge in [0.2, 0.25) is 0 Å². The fourth-order valence-electron chi connectivity index (χ4n) is 1.52. The van der Waals surface area contributed by atoms with E-state index in [2.05, 4.69) is 0 Å². The van der Waals surface area contributed by atoms with Gasteiger partial charge in [-0.3, -0.25) is 4.39 Å². The highest BCUT2D eigenvalue weighted by Gasteiger charge is 2.26. The van der Waals surface area contributed by atoms with Crippen LogP contribution >= 0.6 is 0 Å². The van der Waals surface area contributed by atoms with Gasteiger partial charge in [-0.05, 0) is 32.1 Å². The van der Waals surface area contributed by atoms with E-state index in [4.69, 9.17) is 0 Å². The van der Waals surface area contributed by atoms with E-state index in [-0.39, 0.29) is 12.1 Å². The predicted octanol–water partition coefficient (Wildman–Crippen LogP) is 2.53. The Morgan fingerprint density at radius 3 is 1.91 bits per heavy atom. The summed E-state index contributed by atoms with van der Waals surface area (Å²) in [5.41, 5.74) is -0.772. The maximum Gasteiger partial charge on any atom is 0.0899 e. The zero-order valence-corrected chi connectivity index (χ0v) is 7.95. The van der Waals surface area contributed by atoms with Crippen molar-refractivity contribution in [3.8, 4) is 0 Å². The summed E-state index contributed by atoms with van der Waals surface area (Å²) in [4.78, 5) is 0. The van der Waals surface area contributed by atoms with Crippen molar-refractivity contribution in [3.05, 3.63) is 0 Å². The molecule has 0 aliphatic heterocycles. The average molecular weight is 162 g/mol. The van der Waals surface area contributed by atoms with Crippen LogP contribution in [0.15, 0.2) is 0 Å². The van der Waals surface area contributed by atoms with Crippen LogP contribution in [0.5, 0.6) is 0 Å². The number of hydrogen-bond donors (Lipinski definition) is 1. The van der Waals surface area contributed by atoms with Crippen LogP contribution in [0, 0.1) is 5.41 Å². The third-order valence-corrected chi connectivity index (χ3v) is 1.68. The van der Waals surface area contributed by atoms with Gasteiger partial charge in [0.15, 0.2) is 0 Å². The first kappa shape index (κ1) is 10.9. The van der Waals surface area contributed by atoms with Crippen molar-refractivity contribution in [3.63, 3.8) is 0 Å². The van der Waals surface area contributed by atoms with Crippen LogP contribution in [-0.2, 0) is 0 Å². The minimum Gasteiger partial charge on any atom is -0.390 e. The Hall–Kier alpha value is -0.110. The van der Waals surface area contributed by atoms with Gasteiger partial charge in [-0.25, -0.2) is 0 Å². The van der Waals surface area contributed by atoms with E-state index in [1.807, 2.05) is 13.8 Å². The molecular weight excluding hydrogens is 143 g/mol. The van der Waals surface area contributed by atoms with Crippen molar-refractivity contribution in [2.24, 2.45) is 5.41 Å². The smallest absolute Gasteiger partial charge is 0.0899 e. The first-order chi connectivity index (χ1) is 4.77. The molecule has 0 amide bonds. The molecule has 0 fully saturated rings. The van der Waals surface area contributed by atoms with Crippen LogP contribution in [0.3, 0.4) is 0 Å². The number of alkyl halides is 1. The molecule has 0 unspecified atom stereocenters. The molecule has 0 aromatic heterocycles. The monoisotopic (exact) mass is 162 g/mol. The molecule has 0 saturated carbocycles. The molecule has 0 aliphatic rings. The third kappa shape index (κ3) is 6.29. The Labute approximate surface area is 68.6 Å². The van der Waals surface area contributed by atoms with Crippen LogP contribution in [0.1, 0.15) is 40.5 Å². The van der Waals surface area contributed by atoms with Gasteiger partial charge in [0, 0.05) is 0 Å². The third-order valence-electron chi connectivity index (χ3n) is 1.68. The Morgan fingerprint density at radius 2 is 1.64 bits per heavy atom. The van der Waals surface area contributed by atoms with E-state index in [1.54, 1.807) is 13.8 Å². The lowest BCUT2D eigenvalue weighted by Gasteiger charge is -2.30. The Balaban J connectivity index is 3.91. The Bertz CT molecular complexity index is 113. The quantitative estimate of drug-likeness (QED) is 0.673. The summed E-state index contributed by atoms with van der Waals surface area (Å²) in [6, 6.07) is 0. The lowest BCUT2D eigenvalue weighted by atomic mass is 9.80. The second-order valence-electron chi connectivity index (χ2n) is 4.59. The van der Waals surface area contributed by atoms with Gasteiger partial charge in [0.25, 0.3) is 0 Å². The Kier molecular flexibility index (Phi) is 3.49. The van der Waals surface area contributed by atoms with Gasteiger partial charge in [-0.15, -0.1) is 0 Å². The van der Waals surface area contributed by atoms with Crippen LogP contribution < -0.4 is 0 Å². The second kappa shape index (κ2) is 3.53. The van der Waals surface area contributed by atoms with Crippen molar-refractivity contribution in [2.45, 2.75) is 46.1 Å². The SMILES string of the molecule is CC(C)(O)CC(C)(C)CCF. The molecule has 0 saturated heterocycles. The molecule has 0 aromatic rings. The molecule has 0 rings (SSSR count). The minimum atomic E-state index is -0.682. The predicted molar refractivity (Wildman–Crippen MR) is 45.3 cm³/mol. The molecule has 0 spiro atoms. The van der Waals surface area contributed by atoms with Gasteiger partial charge in [-0.2, -0.15) is 0 Å². The van der Waals surface area contributed by atoms with Crippen LogP contribution in [-0.4, -0.2) is 17.4 Å². The highest BCUT2D eigenvalue weighted by atomic mass is 19.1. The first-order valence-corrected chi connectivity index (χ1v) is 4.05. The average Bonchev–Trinajstić information content (AvgIpc) is 1.55. The molecule has 0 aromatic carbocycles. The molecule has 68 valence electrons. The highest BCUT2D eigenvalue weighted by molar-refractivity contribution is 4.77. The first-order valence-electron chi connectivity index (χ1n) is 4.05. The van der Waals surface area contributed by atoms with Gasteiger partial charge < -0.3 is 5.11 Å². The van der Waals surface area contributed by atoms with Crippen molar-refractivity contribution < 1.29 is 9.50 Å². The highest BCUT2D eigenvalue weighted by Crippen LogP contribution is 2.30. The van der Waals surface area contributed by atoms with Gasteiger partial charge in [-0.1, -0.05) is 13.8 Å². The van der Waals surface area contributed by atoms with Gasteiger partial charge in [0.1, 0.15) is 0 Å². The molecule has 0 heterocycles. The van der Waals surface area contributed by atoms with Crippen molar-refractivity contribution in [1.82, 2.24) is 0 Å². The van der Waals surface area contributed by atoms with E-state index in [0.717, 1.165) is 0 Å². The van der Waals surface area contributed by atoms with Gasteiger partial charge in [0.05, 0.1) is 12.3 Å². The zero-order chi connectivity index (χ0) is 9.12. The summed E-state index contributed by atoms with van der Waals surface area (Å²) in [6.07, 6.45) is 1.17. The van der Waals surface area contributed by atoms with Crippen LogP contribution in [0.2, 0.25) is 0 Å². The fraction of sp³-hybridized carbons (Fsp3) is 1.00. The maximum absolute atomic E-state index is 12.0. The molecular formula is C9H19FO. The fourth-order valence-corrected chi connectivity index (χ4v) is 1.52. The standard InChI is InChI=1S/C9H19FO/c1-8(2,5-6-10)7-9(3,4)11/h11H,5-7H2,1-4H3.